The zero-order valence-electron chi connectivity index (χ0n) is 5.10. The van der Waals surface area contributed by atoms with E-state index in [-0.39, 0.29) is 12.1 Å². The molecule has 0 N–H and O–H groups in total. The Kier molecular flexibility index (Phi) is 2.43. The number of rotatable bonds is 1. The van der Waals surface area contributed by atoms with E-state index in [1.165, 1.54) is 10.0 Å². The molecule has 0 aromatic rings. The Morgan fingerprint density at radius 3 is 2.70 bits per heavy atom. The second kappa shape index (κ2) is 3.14. The normalized spacial score (nSPS) is 18.0. The van der Waals surface area contributed by atoms with Crippen LogP contribution in [0.2, 0.25) is 0 Å². The van der Waals surface area contributed by atoms with Gasteiger partial charge in [0.15, 0.2) is 0 Å². The van der Waals surface area contributed by atoms with Crippen LogP contribution in [0.3, 0.4) is 0 Å². The summed E-state index contributed by atoms with van der Waals surface area (Å²) in [7, 11) is 0. The molecule has 1 heterocycles. The molecule has 1 rings (SSSR count). The van der Waals surface area contributed by atoms with E-state index < -0.39 is 6.43 Å². The van der Waals surface area contributed by atoms with E-state index >= 15 is 0 Å². The smallest absolute Gasteiger partial charge is 0.261 e. The largest absolute Gasteiger partial charge is 0.311 e. The van der Waals surface area contributed by atoms with Crippen molar-refractivity contribution in [3.63, 3.8) is 0 Å². The number of alkyl halides is 2. The number of hydrogen-bond acceptors (Lipinski definition) is 1. The molecule has 0 spiro atoms. The molecule has 1 aliphatic heterocycles. The third kappa shape index (κ3) is 1.80. The minimum Gasteiger partial charge on any atom is -0.311 e. The van der Waals surface area contributed by atoms with E-state index in [0.29, 0.717) is 0 Å². The maximum Gasteiger partial charge on any atom is 0.261 e. The van der Waals surface area contributed by atoms with Crippen LogP contribution in [0.5, 0.6) is 0 Å². The third-order valence-corrected chi connectivity index (χ3v) is 1.66. The molecule has 0 saturated carbocycles. The number of allylic oxidation sites excluding steroid dienone is 2. The van der Waals surface area contributed by atoms with Gasteiger partial charge in [-0.3, -0.25) is 0 Å². The van der Waals surface area contributed by atoms with Crippen LogP contribution < -0.4 is 0 Å². The Hall–Kier alpha value is -0.380. The number of nitrogens with zero attached hydrogens (tertiary/aromatic N) is 1. The van der Waals surface area contributed by atoms with Crippen molar-refractivity contribution in [2.24, 2.45) is 0 Å². The van der Waals surface area contributed by atoms with Crippen LogP contribution in [0.4, 0.5) is 8.78 Å². The van der Waals surface area contributed by atoms with Crippen molar-refractivity contribution in [3.8, 4) is 0 Å². The molecule has 0 fully saturated rings. The van der Waals surface area contributed by atoms with Crippen molar-refractivity contribution in [1.29, 1.82) is 0 Å². The van der Waals surface area contributed by atoms with Crippen LogP contribution in [-0.4, -0.2) is 16.9 Å². The van der Waals surface area contributed by atoms with E-state index in [2.05, 4.69) is 16.1 Å². The summed E-state index contributed by atoms with van der Waals surface area (Å²) >= 11 is 3.07. The highest BCUT2D eigenvalue weighted by Crippen LogP contribution is 2.16. The van der Waals surface area contributed by atoms with Crippen LogP contribution in [0, 0.1) is 0 Å². The van der Waals surface area contributed by atoms with Gasteiger partial charge in [0.2, 0.25) is 0 Å². The van der Waals surface area contributed by atoms with E-state index in [0.717, 1.165) is 0 Å². The zero-order valence-corrected chi connectivity index (χ0v) is 6.68. The first-order valence-corrected chi connectivity index (χ1v) is 3.49. The Labute approximate surface area is 66.3 Å². The van der Waals surface area contributed by atoms with Gasteiger partial charge in [-0.05, 0) is 6.08 Å². The molecule has 0 saturated heterocycles. The van der Waals surface area contributed by atoms with Crippen molar-refractivity contribution in [2.45, 2.75) is 6.43 Å². The average Bonchev–Trinajstić information content (AvgIpc) is 1.88. The van der Waals surface area contributed by atoms with Gasteiger partial charge < -0.3 is 3.93 Å². The van der Waals surface area contributed by atoms with Crippen LogP contribution in [0.25, 0.3) is 0 Å². The molecule has 0 amide bonds. The first kappa shape index (κ1) is 7.72. The molecule has 56 valence electrons. The molecule has 0 radical (unpaired) electrons. The Morgan fingerprint density at radius 1 is 1.60 bits per heavy atom. The summed E-state index contributed by atoms with van der Waals surface area (Å²) in [4.78, 5) is 0. The van der Waals surface area contributed by atoms with Crippen molar-refractivity contribution < 1.29 is 8.78 Å². The standard InChI is InChI=1S/C6H6BrF2N/c7-10-3-1-2-5(4-10)6(8)9/h1-3,6H,4H2. The highest BCUT2D eigenvalue weighted by Gasteiger charge is 2.13. The molecule has 4 heteroatoms. The maximum atomic E-state index is 11.9. The lowest BCUT2D eigenvalue weighted by Crippen LogP contribution is -2.15. The van der Waals surface area contributed by atoms with Crippen molar-refractivity contribution in [3.05, 3.63) is 23.9 Å². The SMILES string of the molecule is FC(F)C1=CC=CN(Br)C1. The Morgan fingerprint density at radius 2 is 2.30 bits per heavy atom. The van der Waals surface area contributed by atoms with Gasteiger partial charge in [0.25, 0.3) is 6.43 Å². The lowest BCUT2D eigenvalue weighted by atomic mass is 10.2. The molecule has 0 unspecified atom stereocenters. The van der Waals surface area contributed by atoms with E-state index in [1.807, 2.05) is 0 Å². The Balaban J connectivity index is 2.61. The lowest BCUT2D eigenvalue weighted by molar-refractivity contribution is 0.184. The van der Waals surface area contributed by atoms with Gasteiger partial charge in [0.05, 0.1) is 6.54 Å². The fourth-order valence-electron chi connectivity index (χ4n) is 0.682. The summed E-state index contributed by atoms with van der Waals surface area (Å²) in [6.07, 6.45) is 2.36. The fraction of sp³-hybridized carbons (Fsp3) is 0.333. The first-order chi connectivity index (χ1) is 4.70. The summed E-state index contributed by atoms with van der Waals surface area (Å²) in [5.74, 6) is 0. The van der Waals surface area contributed by atoms with Crippen LogP contribution in [-0.2, 0) is 0 Å². The molecule has 0 aliphatic carbocycles. The van der Waals surface area contributed by atoms with Crippen LogP contribution in [0.1, 0.15) is 0 Å². The highest BCUT2D eigenvalue weighted by atomic mass is 79.9. The van der Waals surface area contributed by atoms with Crippen molar-refractivity contribution in [2.75, 3.05) is 6.54 Å². The minimum atomic E-state index is -2.34. The van der Waals surface area contributed by atoms with Gasteiger partial charge in [-0.1, -0.05) is 6.08 Å². The van der Waals surface area contributed by atoms with Gasteiger partial charge in [0, 0.05) is 27.9 Å². The van der Waals surface area contributed by atoms with Gasteiger partial charge in [-0.25, -0.2) is 8.78 Å². The van der Waals surface area contributed by atoms with Crippen molar-refractivity contribution >= 4 is 16.1 Å². The predicted molar refractivity (Wildman–Crippen MR) is 38.9 cm³/mol. The Bertz CT molecular complexity index is 177. The predicted octanol–water partition coefficient (Wildman–Crippen LogP) is 2.32. The summed E-state index contributed by atoms with van der Waals surface area (Å²) in [6, 6.07) is 0. The molecule has 1 aliphatic rings. The molecule has 0 aromatic carbocycles. The highest BCUT2D eigenvalue weighted by molar-refractivity contribution is 9.07. The quantitative estimate of drug-likeness (QED) is 0.600. The summed E-state index contributed by atoms with van der Waals surface area (Å²) in [5.41, 5.74) is 0.138. The fourth-order valence-corrected chi connectivity index (χ4v) is 1.11. The van der Waals surface area contributed by atoms with E-state index in [1.54, 1.807) is 12.3 Å². The molecule has 0 atom stereocenters. The molecule has 1 nitrogen and oxygen atoms in total. The van der Waals surface area contributed by atoms with E-state index in [9.17, 15) is 8.78 Å². The second-order valence-corrected chi connectivity index (χ2v) is 2.85. The zero-order chi connectivity index (χ0) is 7.56. The molecular weight excluding hydrogens is 204 g/mol. The van der Waals surface area contributed by atoms with Crippen molar-refractivity contribution in [1.82, 2.24) is 3.93 Å². The number of hydrogen-bond donors (Lipinski definition) is 0. The molecule has 10 heavy (non-hydrogen) atoms. The molecule has 0 aromatic heterocycles. The van der Waals surface area contributed by atoms with Crippen LogP contribution >= 0.6 is 16.1 Å². The molecular formula is C6H6BrF2N. The van der Waals surface area contributed by atoms with Gasteiger partial charge in [-0.2, -0.15) is 0 Å². The lowest BCUT2D eigenvalue weighted by Gasteiger charge is -2.16. The van der Waals surface area contributed by atoms with E-state index in [4.69, 9.17) is 0 Å². The topological polar surface area (TPSA) is 3.24 Å². The average molecular weight is 210 g/mol. The monoisotopic (exact) mass is 209 g/mol. The number of halogens is 3. The maximum absolute atomic E-state index is 11.9. The molecule has 0 bridgehead atoms. The minimum absolute atomic E-state index is 0.138. The van der Waals surface area contributed by atoms with Gasteiger partial charge >= 0.3 is 0 Å². The first-order valence-electron chi connectivity index (χ1n) is 2.78. The van der Waals surface area contributed by atoms with Crippen LogP contribution in [0.15, 0.2) is 23.9 Å². The summed E-state index contributed by atoms with van der Waals surface area (Å²) < 4.78 is 25.4. The third-order valence-electron chi connectivity index (χ3n) is 1.17. The summed E-state index contributed by atoms with van der Waals surface area (Å²) in [5, 5.41) is 0. The summed E-state index contributed by atoms with van der Waals surface area (Å²) in [6.45, 7) is 0.258. The van der Waals surface area contributed by atoms with Gasteiger partial charge in [-0.15, -0.1) is 0 Å². The van der Waals surface area contributed by atoms with Gasteiger partial charge in [0.1, 0.15) is 0 Å². The second-order valence-electron chi connectivity index (χ2n) is 1.94.